The highest BCUT2D eigenvalue weighted by molar-refractivity contribution is 9.10. The zero-order chi connectivity index (χ0) is 19.0. The predicted octanol–water partition coefficient (Wildman–Crippen LogP) is 4.55. The molecule has 1 amide bonds. The molecule has 8 heteroatoms. The third-order valence-corrected chi connectivity index (χ3v) is 5.81. The summed E-state index contributed by atoms with van der Waals surface area (Å²) in [5.74, 6) is 0. The molecule has 0 aliphatic carbocycles. The Morgan fingerprint density at radius 3 is 2.89 bits per heavy atom. The molecule has 1 aliphatic rings. The lowest BCUT2D eigenvalue weighted by Gasteiger charge is -2.35. The molecule has 1 unspecified atom stereocenters. The van der Waals surface area contributed by atoms with Gasteiger partial charge in [0, 0.05) is 45.6 Å². The van der Waals surface area contributed by atoms with Crippen molar-refractivity contribution in [2.24, 2.45) is 0 Å². The van der Waals surface area contributed by atoms with Crippen molar-refractivity contribution in [3.05, 3.63) is 51.9 Å². The van der Waals surface area contributed by atoms with Crippen LogP contribution in [-0.4, -0.2) is 45.4 Å². The van der Waals surface area contributed by atoms with Crippen LogP contribution < -0.4 is 0 Å². The molecule has 4 rings (SSSR count). The van der Waals surface area contributed by atoms with Gasteiger partial charge in [-0.2, -0.15) is 0 Å². The lowest BCUT2D eigenvalue weighted by molar-refractivity contribution is 0.0930. The van der Waals surface area contributed by atoms with Gasteiger partial charge < -0.3 is 9.72 Å². The smallest absolute Gasteiger partial charge is 0.410 e. The Morgan fingerprint density at radius 1 is 1.41 bits per heavy atom. The van der Waals surface area contributed by atoms with Crippen molar-refractivity contribution in [3.8, 4) is 0 Å². The number of carbonyl (C=O) groups is 1. The van der Waals surface area contributed by atoms with Gasteiger partial charge in [-0.25, -0.2) is 14.8 Å². The maximum Gasteiger partial charge on any atom is 0.410 e. The largest absolute Gasteiger partial charge is 0.450 e. The maximum atomic E-state index is 12.6. The molecule has 1 aromatic carbocycles. The summed E-state index contributed by atoms with van der Waals surface area (Å²) in [6.07, 6.45) is 5.99. The average molecular weight is 447 g/mol. The van der Waals surface area contributed by atoms with Gasteiger partial charge in [-0.3, -0.25) is 4.90 Å². The van der Waals surface area contributed by atoms with Crippen molar-refractivity contribution in [1.82, 2.24) is 19.9 Å². The lowest BCUT2D eigenvalue weighted by Crippen LogP contribution is -2.41. The minimum Gasteiger partial charge on any atom is -0.450 e. The van der Waals surface area contributed by atoms with E-state index in [0.29, 0.717) is 18.3 Å². The minimum atomic E-state index is -0.318. The second-order valence-corrected chi connectivity index (χ2v) is 7.94. The number of ether oxygens (including phenoxy) is 1. The van der Waals surface area contributed by atoms with Gasteiger partial charge in [-0.15, -0.1) is 0 Å². The van der Waals surface area contributed by atoms with Gasteiger partial charge in [-0.1, -0.05) is 27.7 Å². The van der Waals surface area contributed by atoms with Crippen molar-refractivity contribution < 1.29 is 9.53 Å². The van der Waals surface area contributed by atoms with E-state index in [1.54, 1.807) is 17.3 Å². The van der Waals surface area contributed by atoms with E-state index in [9.17, 15) is 4.79 Å². The fraction of sp³-hybridized carbons (Fsp3) is 0.316. The van der Waals surface area contributed by atoms with Gasteiger partial charge in [0.2, 0.25) is 0 Å². The second kappa shape index (κ2) is 7.52. The molecule has 0 bridgehead atoms. The topological polar surface area (TPSA) is 71.1 Å². The SMILES string of the molecule is CCOC(=O)N1CCc2c([nH]c3ccc(Br)cc23)C1c1cnc(SC)nc1. The first-order valence-electron chi connectivity index (χ1n) is 8.71. The van der Waals surface area contributed by atoms with Crippen LogP contribution in [0.2, 0.25) is 0 Å². The zero-order valence-corrected chi connectivity index (χ0v) is 17.4. The number of aromatic nitrogens is 3. The molecule has 2 aromatic heterocycles. The molecule has 0 fully saturated rings. The first-order valence-corrected chi connectivity index (χ1v) is 10.7. The molecule has 0 saturated heterocycles. The molecule has 3 heterocycles. The molecular formula is C19H19BrN4O2S. The summed E-state index contributed by atoms with van der Waals surface area (Å²) < 4.78 is 6.34. The number of H-pyrrole nitrogens is 1. The number of aromatic amines is 1. The first kappa shape index (κ1) is 18.3. The standard InChI is InChI=1S/C19H19BrN4O2S/c1-3-26-19(25)24-7-6-13-14-8-12(20)4-5-15(14)23-16(13)17(24)11-9-21-18(27-2)22-10-11/h4-5,8-10,17,23H,3,6-7H2,1-2H3. The fourth-order valence-electron chi connectivity index (χ4n) is 3.58. The van der Waals surface area contributed by atoms with Gasteiger partial charge in [0.15, 0.2) is 5.16 Å². The number of amides is 1. The number of fused-ring (bicyclic) bond motifs is 3. The highest BCUT2D eigenvalue weighted by atomic mass is 79.9. The number of nitrogens with one attached hydrogen (secondary N) is 1. The predicted molar refractivity (Wildman–Crippen MR) is 109 cm³/mol. The number of nitrogens with zero attached hydrogens (tertiary/aromatic N) is 3. The van der Waals surface area contributed by atoms with Gasteiger partial charge >= 0.3 is 6.09 Å². The van der Waals surface area contributed by atoms with Crippen LogP contribution in [0, 0.1) is 0 Å². The zero-order valence-electron chi connectivity index (χ0n) is 15.0. The van der Waals surface area contributed by atoms with Crippen LogP contribution >= 0.6 is 27.7 Å². The van der Waals surface area contributed by atoms with Gasteiger partial charge in [0.1, 0.15) is 6.04 Å². The summed E-state index contributed by atoms with van der Waals surface area (Å²) in [5, 5.41) is 1.88. The number of thioether (sulfide) groups is 1. The molecule has 1 aliphatic heterocycles. The third kappa shape index (κ3) is 3.32. The Bertz CT molecular complexity index is 989. The Balaban J connectivity index is 1.86. The number of rotatable bonds is 3. The molecule has 27 heavy (non-hydrogen) atoms. The third-order valence-electron chi connectivity index (χ3n) is 4.74. The molecule has 1 N–H and O–H groups in total. The molecular weight excluding hydrogens is 428 g/mol. The number of hydrogen-bond acceptors (Lipinski definition) is 5. The number of hydrogen-bond donors (Lipinski definition) is 1. The molecule has 0 saturated carbocycles. The summed E-state index contributed by atoms with van der Waals surface area (Å²) in [6.45, 7) is 2.75. The first-order chi connectivity index (χ1) is 13.1. The van der Waals surface area contributed by atoms with Crippen molar-refractivity contribution in [1.29, 1.82) is 0 Å². The quantitative estimate of drug-likeness (QED) is 0.471. The van der Waals surface area contributed by atoms with Crippen molar-refractivity contribution in [3.63, 3.8) is 0 Å². The summed E-state index contributed by atoms with van der Waals surface area (Å²) in [4.78, 5) is 26.7. The van der Waals surface area contributed by atoms with Crippen LogP contribution in [0.4, 0.5) is 4.79 Å². The van der Waals surface area contributed by atoms with E-state index in [0.717, 1.165) is 27.7 Å². The van der Waals surface area contributed by atoms with E-state index in [1.807, 2.05) is 19.2 Å². The fourth-order valence-corrected chi connectivity index (χ4v) is 4.26. The van der Waals surface area contributed by atoms with Crippen molar-refractivity contribution in [2.75, 3.05) is 19.4 Å². The Hall–Kier alpha value is -2.06. The highest BCUT2D eigenvalue weighted by Gasteiger charge is 2.35. The monoisotopic (exact) mass is 446 g/mol. The normalized spacial score (nSPS) is 16.4. The Morgan fingerprint density at radius 2 is 2.19 bits per heavy atom. The molecule has 0 spiro atoms. The van der Waals surface area contributed by atoms with Gasteiger partial charge in [0.25, 0.3) is 0 Å². The number of carbonyl (C=O) groups excluding carboxylic acids is 1. The Kier molecular flexibility index (Phi) is 5.10. The van der Waals surface area contributed by atoms with Crippen LogP contribution in [0.3, 0.4) is 0 Å². The highest BCUT2D eigenvalue weighted by Crippen LogP contribution is 2.39. The molecule has 3 aromatic rings. The van der Waals surface area contributed by atoms with E-state index in [2.05, 4.69) is 43.0 Å². The van der Waals surface area contributed by atoms with E-state index in [1.165, 1.54) is 22.7 Å². The average Bonchev–Trinajstić information content (AvgIpc) is 3.05. The van der Waals surface area contributed by atoms with E-state index >= 15 is 0 Å². The molecule has 1 atom stereocenters. The van der Waals surface area contributed by atoms with E-state index in [4.69, 9.17) is 4.74 Å². The van der Waals surface area contributed by atoms with Crippen molar-refractivity contribution in [2.45, 2.75) is 24.5 Å². The molecule has 0 radical (unpaired) electrons. The lowest BCUT2D eigenvalue weighted by atomic mass is 9.94. The molecule has 140 valence electrons. The van der Waals surface area contributed by atoms with E-state index in [-0.39, 0.29) is 12.1 Å². The second-order valence-electron chi connectivity index (χ2n) is 6.26. The van der Waals surface area contributed by atoms with E-state index < -0.39 is 0 Å². The summed E-state index contributed by atoms with van der Waals surface area (Å²) in [5.41, 5.74) is 4.15. The van der Waals surface area contributed by atoms with Crippen LogP contribution in [0.5, 0.6) is 0 Å². The van der Waals surface area contributed by atoms with Crippen LogP contribution in [0.15, 0.2) is 40.2 Å². The summed E-state index contributed by atoms with van der Waals surface area (Å²) >= 11 is 5.05. The van der Waals surface area contributed by atoms with Crippen LogP contribution in [-0.2, 0) is 11.2 Å². The maximum absolute atomic E-state index is 12.6. The summed E-state index contributed by atoms with van der Waals surface area (Å²) in [7, 11) is 0. The minimum absolute atomic E-state index is 0.296. The van der Waals surface area contributed by atoms with Gasteiger partial charge in [0.05, 0.1) is 6.61 Å². The van der Waals surface area contributed by atoms with Crippen LogP contribution in [0.1, 0.15) is 29.8 Å². The Labute approximate surface area is 169 Å². The number of halogens is 1. The molecule has 6 nitrogen and oxygen atoms in total. The van der Waals surface area contributed by atoms with Crippen LogP contribution in [0.25, 0.3) is 10.9 Å². The number of benzene rings is 1. The summed E-state index contributed by atoms with van der Waals surface area (Å²) in [6, 6.07) is 5.89. The van der Waals surface area contributed by atoms with Crippen molar-refractivity contribution >= 4 is 44.7 Å². The van der Waals surface area contributed by atoms with Gasteiger partial charge in [-0.05, 0) is 43.4 Å².